The van der Waals surface area contributed by atoms with Gasteiger partial charge in [0.2, 0.25) is 0 Å². The van der Waals surface area contributed by atoms with E-state index < -0.39 is 5.60 Å². The maximum absolute atomic E-state index is 12.0. The highest BCUT2D eigenvalue weighted by Gasteiger charge is 2.25. The standard InChI is InChI=1S/C15H24N2O4/c1-3-15(21,7-5-9-18)11-16-14(20)12-6-8-17(4-2)13(19)10-12/h6,8,10,18,21H,3-5,7,9,11H2,1-2H3,(H,16,20)/t15-/m0/s1. The molecule has 0 radical (unpaired) electrons. The van der Waals surface area contributed by atoms with Crippen LogP contribution in [-0.4, -0.2) is 39.4 Å². The Hall–Kier alpha value is -1.66. The molecular formula is C15H24N2O4. The monoisotopic (exact) mass is 296 g/mol. The number of aromatic nitrogens is 1. The number of aliphatic hydroxyl groups is 2. The number of hydrogen-bond acceptors (Lipinski definition) is 4. The van der Waals surface area contributed by atoms with Crippen molar-refractivity contribution < 1.29 is 15.0 Å². The minimum absolute atomic E-state index is 0.00546. The summed E-state index contributed by atoms with van der Waals surface area (Å²) in [6, 6.07) is 2.87. The van der Waals surface area contributed by atoms with Crippen LogP contribution < -0.4 is 10.9 Å². The van der Waals surface area contributed by atoms with Gasteiger partial charge in [0.15, 0.2) is 0 Å². The molecule has 0 unspecified atom stereocenters. The molecule has 1 amide bonds. The van der Waals surface area contributed by atoms with Gasteiger partial charge in [-0.05, 0) is 32.3 Å². The van der Waals surface area contributed by atoms with Crippen molar-refractivity contribution in [2.24, 2.45) is 0 Å². The first-order valence-electron chi connectivity index (χ1n) is 7.27. The molecule has 0 saturated carbocycles. The first-order chi connectivity index (χ1) is 9.95. The second-order valence-corrected chi connectivity index (χ2v) is 5.13. The number of carbonyl (C=O) groups excluding carboxylic acids is 1. The number of rotatable bonds is 8. The summed E-state index contributed by atoms with van der Waals surface area (Å²) in [6.07, 6.45) is 2.95. The van der Waals surface area contributed by atoms with E-state index in [1.165, 1.54) is 10.6 Å². The van der Waals surface area contributed by atoms with Crippen molar-refractivity contribution in [3.05, 3.63) is 34.2 Å². The lowest BCUT2D eigenvalue weighted by molar-refractivity contribution is 0.0212. The van der Waals surface area contributed by atoms with Gasteiger partial charge in [0.05, 0.1) is 5.60 Å². The zero-order valence-corrected chi connectivity index (χ0v) is 12.6. The molecular weight excluding hydrogens is 272 g/mol. The predicted octanol–water partition coefficient (Wildman–Crippen LogP) is 0.512. The molecule has 0 saturated heterocycles. The maximum atomic E-state index is 12.0. The van der Waals surface area contributed by atoms with Crippen LogP contribution in [0.4, 0.5) is 0 Å². The first kappa shape index (κ1) is 17.4. The molecule has 0 aromatic carbocycles. The van der Waals surface area contributed by atoms with Crippen LogP contribution >= 0.6 is 0 Å². The summed E-state index contributed by atoms with van der Waals surface area (Å²) in [7, 11) is 0. The number of carbonyl (C=O) groups is 1. The van der Waals surface area contributed by atoms with Crippen LogP contribution in [0.1, 0.15) is 43.5 Å². The highest BCUT2D eigenvalue weighted by Crippen LogP contribution is 2.16. The van der Waals surface area contributed by atoms with Crippen LogP contribution in [0, 0.1) is 0 Å². The van der Waals surface area contributed by atoms with E-state index in [2.05, 4.69) is 5.32 Å². The lowest BCUT2D eigenvalue weighted by Crippen LogP contribution is -2.43. The number of nitrogens with zero attached hydrogens (tertiary/aromatic N) is 1. The van der Waals surface area contributed by atoms with Gasteiger partial charge in [-0.2, -0.15) is 0 Å². The van der Waals surface area contributed by atoms with Gasteiger partial charge in [-0.1, -0.05) is 6.92 Å². The molecule has 118 valence electrons. The molecule has 1 aromatic rings. The van der Waals surface area contributed by atoms with Crippen molar-refractivity contribution in [2.75, 3.05) is 13.2 Å². The van der Waals surface area contributed by atoms with Crippen LogP contribution in [-0.2, 0) is 6.54 Å². The summed E-state index contributed by atoms with van der Waals surface area (Å²) in [6.45, 7) is 4.33. The molecule has 3 N–H and O–H groups in total. The molecule has 0 bridgehead atoms. The number of nitrogens with one attached hydrogen (secondary N) is 1. The molecule has 0 aliphatic rings. The molecule has 0 fully saturated rings. The zero-order valence-electron chi connectivity index (χ0n) is 12.6. The normalized spacial score (nSPS) is 13.7. The van der Waals surface area contributed by atoms with E-state index in [1.807, 2.05) is 13.8 Å². The summed E-state index contributed by atoms with van der Waals surface area (Å²) in [4.78, 5) is 23.7. The third-order valence-corrected chi connectivity index (χ3v) is 3.64. The Morgan fingerprint density at radius 1 is 1.43 bits per heavy atom. The molecule has 1 atom stereocenters. The minimum Gasteiger partial charge on any atom is -0.396 e. The summed E-state index contributed by atoms with van der Waals surface area (Å²) in [5.41, 5.74) is -0.974. The Bertz CT molecular complexity index is 527. The van der Waals surface area contributed by atoms with E-state index in [0.717, 1.165) is 0 Å². The Morgan fingerprint density at radius 2 is 2.14 bits per heavy atom. The Labute approximate surface area is 124 Å². The zero-order chi connectivity index (χ0) is 15.9. The fourth-order valence-corrected chi connectivity index (χ4v) is 2.06. The highest BCUT2D eigenvalue weighted by atomic mass is 16.3. The molecule has 6 heteroatoms. The largest absolute Gasteiger partial charge is 0.396 e. The van der Waals surface area contributed by atoms with Gasteiger partial charge in [0, 0.05) is 37.5 Å². The molecule has 1 heterocycles. The second-order valence-electron chi connectivity index (χ2n) is 5.13. The van der Waals surface area contributed by atoms with Gasteiger partial charge in [0.1, 0.15) is 0 Å². The van der Waals surface area contributed by atoms with E-state index in [4.69, 9.17) is 5.11 Å². The van der Waals surface area contributed by atoms with Crippen molar-refractivity contribution in [1.82, 2.24) is 9.88 Å². The molecule has 6 nitrogen and oxygen atoms in total. The van der Waals surface area contributed by atoms with Crippen LogP contribution in [0.25, 0.3) is 0 Å². The van der Waals surface area contributed by atoms with Crippen molar-refractivity contribution in [1.29, 1.82) is 0 Å². The average molecular weight is 296 g/mol. The number of aryl methyl sites for hydroxylation is 1. The highest BCUT2D eigenvalue weighted by molar-refractivity contribution is 5.94. The van der Waals surface area contributed by atoms with Gasteiger partial charge in [-0.25, -0.2) is 0 Å². The summed E-state index contributed by atoms with van der Waals surface area (Å²) < 4.78 is 1.50. The van der Waals surface area contributed by atoms with Crippen LogP contribution in [0.3, 0.4) is 0 Å². The van der Waals surface area contributed by atoms with Gasteiger partial charge in [0.25, 0.3) is 11.5 Å². The van der Waals surface area contributed by atoms with Crippen molar-refractivity contribution in [3.8, 4) is 0 Å². The third-order valence-electron chi connectivity index (χ3n) is 3.64. The van der Waals surface area contributed by atoms with Gasteiger partial charge >= 0.3 is 0 Å². The summed E-state index contributed by atoms with van der Waals surface area (Å²) in [5.74, 6) is -0.383. The topological polar surface area (TPSA) is 91.6 Å². The Morgan fingerprint density at radius 3 is 2.67 bits per heavy atom. The number of pyridine rings is 1. The van der Waals surface area contributed by atoms with E-state index in [0.29, 0.717) is 25.8 Å². The quantitative estimate of drug-likeness (QED) is 0.652. The second kappa shape index (κ2) is 7.95. The van der Waals surface area contributed by atoms with Gasteiger partial charge < -0.3 is 20.1 Å². The first-order valence-corrected chi connectivity index (χ1v) is 7.27. The lowest BCUT2D eigenvalue weighted by Gasteiger charge is -2.26. The molecule has 1 aromatic heterocycles. The minimum atomic E-state index is -1.03. The van der Waals surface area contributed by atoms with E-state index in [9.17, 15) is 14.7 Å². The van der Waals surface area contributed by atoms with E-state index in [1.54, 1.807) is 12.3 Å². The number of hydrogen-bond donors (Lipinski definition) is 3. The Kier molecular flexibility index (Phi) is 6.58. The van der Waals surface area contributed by atoms with Crippen LogP contribution in [0.2, 0.25) is 0 Å². The number of amides is 1. The molecule has 1 rings (SSSR count). The summed E-state index contributed by atoms with van der Waals surface area (Å²) in [5, 5.41) is 21.8. The van der Waals surface area contributed by atoms with E-state index >= 15 is 0 Å². The van der Waals surface area contributed by atoms with Crippen LogP contribution in [0.5, 0.6) is 0 Å². The molecule has 21 heavy (non-hydrogen) atoms. The number of aliphatic hydroxyl groups excluding tert-OH is 1. The SMILES string of the molecule is CCn1ccc(C(=O)NC[C@](O)(CC)CCCO)cc1=O. The Balaban J connectivity index is 2.68. The van der Waals surface area contributed by atoms with Crippen molar-refractivity contribution in [2.45, 2.75) is 45.3 Å². The fourth-order valence-electron chi connectivity index (χ4n) is 2.06. The van der Waals surface area contributed by atoms with Crippen molar-refractivity contribution >= 4 is 5.91 Å². The van der Waals surface area contributed by atoms with Gasteiger partial charge in [-0.15, -0.1) is 0 Å². The fraction of sp³-hybridized carbons (Fsp3) is 0.600. The molecule has 0 aliphatic heterocycles. The average Bonchev–Trinajstić information content (AvgIpc) is 2.50. The lowest BCUT2D eigenvalue weighted by atomic mass is 9.94. The predicted molar refractivity (Wildman–Crippen MR) is 80.3 cm³/mol. The van der Waals surface area contributed by atoms with Crippen LogP contribution in [0.15, 0.2) is 23.1 Å². The van der Waals surface area contributed by atoms with E-state index in [-0.39, 0.29) is 30.2 Å². The van der Waals surface area contributed by atoms with Crippen molar-refractivity contribution in [3.63, 3.8) is 0 Å². The smallest absolute Gasteiger partial charge is 0.251 e. The molecule has 0 spiro atoms. The van der Waals surface area contributed by atoms with Gasteiger partial charge in [-0.3, -0.25) is 9.59 Å². The third kappa shape index (κ3) is 4.99. The maximum Gasteiger partial charge on any atom is 0.251 e. The molecule has 0 aliphatic carbocycles. The summed E-state index contributed by atoms with van der Waals surface area (Å²) >= 11 is 0.